The highest BCUT2D eigenvalue weighted by molar-refractivity contribution is 7.23. The molecular formula is C42H42S2. The first-order chi connectivity index (χ1) is 21.5. The molecule has 0 fully saturated rings. The second-order valence-corrected chi connectivity index (χ2v) is 14.8. The fourth-order valence-electron chi connectivity index (χ4n) is 6.76. The molecule has 0 amide bonds. The lowest BCUT2D eigenvalue weighted by Crippen LogP contribution is -1.88. The first kappa shape index (κ1) is 29.3. The Labute approximate surface area is 270 Å². The van der Waals surface area contributed by atoms with Gasteiger partial charge in [-0.05, 0) is 131 Å². The Kier molecular flexibility index (Phi) is 8.31. The van der Waals surface area contributed by atoms with Crippen molar-refractivity contribution in [3.63, 3.8) is 0 Å². The molecule has 0 atom stereocenters. The number of benzene rings is 5. The Balaban J connectivity index is 1.39. The SMILES string of the molecule is CCCCCc1c(-c2ccc(C)cc2)sc2cc3cc4cc5c(CCCCC)c(-c6ccc(C)cc6)sc5cc4cc3cc12. The van der Waals surface area contributed by atoms with E-state index in [1.54, 1.807) is 0 Å². The van der Waals surface area contributed by atoms with E-state index in [9.17, 15) is 0 Å². The summed E-state index contributed by atoms with van der Waals surface area (Å²) in [5, 5.41) is 8.31. The van der Waals surface area contributed by atoms with Gasteiger partial charge in [0.15, 0.2) is 0 Å². The van der Waals surface area contributed by atoms with E-state index in [0.717, 1.165) is 12.8 Å². The summed E-state index contributed by atoms with van der Waals surface area (Å²) in [7, 11) is 0. The van der Waals surface area contributed by atoms with E-state index >= 15 is 0 Å². The van der Waals surface area contributed by atoms with Crippen molar-refractivity contribution >= 4 is 64.4 Å². The molecular weight excluding hydrogens is 569 g/mol. The largest absolute Gasteiger partial charge is 0.135 e. The predicted molar refractivity (Wildman–Crippen MR) is 199 cm³/mol. The first-order valence-corrected chi connectivity index (χ1v) is 18.2. The van der Waals surface area contributed by atoms with Crippen LogP contribution in [0.4, 0.5) is 0 Å². The van der Waals surface area contributed by atoms with Crippen molar-refractivity contribution < 1.29 is 0 Å². The highest BCUT2D eigenvalue weighted by atomic mass is 32.1. The smallest absolute Gasteiger partial charge is 0.0387 e. The molecule has 0 radical (unpaired) electrons. The number of hydrogen-bond acceptors (Lipinski definition) is 2. The molecule has 7 rings (SSSR count). The fourth-order valence-corrected chi connectivity index (χ4v) is 9.34. The van der Waals surface area contributed by atoms with Crippen molar-refractivity contribution in [2.24, 2.45) is 0 Å². The molecule has 2 heteroatoms. The van der Waals surface area contributed by atoms with Crippen molar-refractivity contribution in [2.45, 2.75) is 79.1 Å². The molecule has 2 aromatic heterocycles. The molecule has 0 nitrogen and oxygen atoms in total. The normalized spacial score (nSPS) is 11.9. The van der Waals surface area contributed by atoms with Crippen LogP contribution in [-0.2, 0) is 12.8 Å². The molecule has 0 aliphatic carbocycles. The van der Waals surface area contributed by atoms with Crippen LogP contribution in [0.2, 0.25) is 0 Å². The minimum Gasteiger partial charge on any atom is -0.135 e. The van der Waals surface area contributed by atoms with Gasteiger partial charge in [-0.1, -0.05) is 99.2 Å². The van der Waals surface area contributed by atoms with E-state index in [4.69, 9.17) is 0 Å². The lowest BCUT2D eigenvalue weighted by molar-refractivity contribution is 0.721. The third-order valence-corrected chi connectivity index (χ3v) is 11.8. The lowest BCUT2D eigenvalue weighted by atomic mass is 9.95. The quantitative estimate of drug-likeness (QED) is 0.107. The summed E-state index contributed by atoms with van der Waals surface area (Å²) in [6.45, 7) is 8.95. The van der Waals surface area contributed by atoms with Crippen LogP contribution in [-0.4, -0.2) is 0 Å². The van der Waals surface area contributed by atoms with Gasteiger partial charge in [0.2, 0.25) is 0 Å². The number of unbranched alkanes of at least 4 members (excludes halogenated alkanes) is 4. The average molecular weight is 611 g/mol. The van der Waals surface area contributed by atoms with Gasteiger partial charge in [-0.2, -0.15) is 0 Å². The lowest BCUT2D eigenvalue weighted by Gasteiger charge is -2.08. The first-order valence-electron chi connectivity index (χ1n) is 16.5. The fraction of sp³-hybridized carbons (Fsp3) is 0.286. The summed E-state index contributed by atoms with van der Waals surface area (Å²) >= 11 is 3.96. The molecule has 222 valence electrons. The Hall–Kier alpha value is -3.46. The molecule has 5 aromatic carbocycles. The van der Waals surface area contributed by atoms with Crippen molar-refractivity contribution in [3.05, 3.63) is 107 Å². The van der Waals surface area contributed by atoms with Crippen LogP contribution in [0.15, 0.2) is 84.9 Å². The summed E-state index contributed by atoms with van der Waals surface area (Å²) in [5.41, 5.74) is 8.43. The van der Waals surface area contributed by atoms with Crippen LogP contribution in [0, 0.1) is 13.8 Å². The second kappa shape index (κ2) is 12.5. The number of hydrogen-bond donors (Lipinski definition) is 0. The monoisotopic (exact) mass is 610 g/mol. The summed E-state index contributed by atoms with van der Waals surface area (Å²) in [6, 6.07) is 33.1. The van der Waals surface area contributed by atoms with E-state index in [0.29, 0.717) is 0 Å². The van der Waals surface area contributed by atoms with Gasteiger partial charge in [0.25, 0.3) is 0 Å². The van der Waals surface area contributed by atoms with Gasteiger partial charge in [-0.25, -0.2) is 0 Å². The molecule has 7 aromatic rings. The highest BCUT2D eigenvalue weighted by Gasteiger charge is 2.17. The van der Waals surface area contributed by atoms with Crippen molar-refractivity contribution in [3.8, 4) is 20.9 Å². The molecule has 2 heterocycles. The molecule has 0 saturated heterocycles. The van der Waals surface area contributed by atoms with Gasteiger partial charge >= 0.3 is 0 Å². The zero-order chi connectivity index (χ0) is 30.2. The summed E-state index contributed by atoms with van der Waals surface area (Å²) in [4.78, 5) is 2.91. The van der Waals surface area contributed by atoms with E-state index in [-0.39, 0.29) is 0 Å². The summed E-state index contributed by atoms with van der Waals surface area (Å²) in [5.74, 6) is 0. The van der Waals surface area contributed by atoms with E-state index in [1.807, 2.05) is 22.7 Å². The minimum absolute atomic E-state index is 1.15. The molecule has 0 bridgehead atoms. The van der Waals surface area contributed by atoms with Crippen molar-refractivity contribution in [1.29, 1.82) is 0 Å². The predicted octanol–water partition coefficient (Wildman–Crippen LogP) is 13.8. The number of rotatable bonds is 10. The van der Waals surface area contributed by atoms with Gasteiger partial charge < -0.3 is 0 Å². The number of aryl methyl sites for hydroxylation is 4. The number of thiophene rings is 2. The van der Waals surface area contributed by atoms with Crippen LogP contribution < -0.4 is 0 Å². The highest BCUT2D eigenvalue weighted by Crippen LogP contribution is 2.44. The van der Waals surface area contributed by atoms with Gasteiger partial charge in [-0.15, -0.1) is 22.7 Å². The molecule has 0 saturated carbocycles. The Morgan fingerprint density at radius 3 is 1.23 bits per heavy atom. The summed E-state index contributed by atoms with van der Waals surface area (Å²) < 4.78 is 2.83. The molecule has 0 aliphatic heterocycles. The van der Waals surface area contributed by atoms with Gasteiger partial charge in [0, 0.05) is 19.2 Å². The summed E-state index contributed by atoms with van der Waals surface area (Å²) in [6.07, 6.45) is 9.85. The Morgan fingerprint density at radius 1 is 0.455 bits per heavy atom. The topological polar surface area (TPSA) is 0 Å². The average Bonchev–Trinajstić information content (AvgIpc) is 3.56. The molecule has 0 unspecified atom stereocenters. The third-order valence-electron chi connectivity index (χ3n) is 9.30. The van der Waals surface area contributed by atoms with E-state index in [1.165, 1.54) is 123 Å². The maximum absolute atomic E-state index is 2.49. The maximum Gasteiger partial charge on any atom is 0.0387 e. The van der Waals surface area contributed by atoms with Crippen molar-refractivity contribution in [2.75, 3.05) is 0 Å². The number of fused-ring (bicyclic) bond motifs is 4. The molecule has 0 N–H and O–H groups in total. The van der Waals surface area contributed by atoms with E-state index < -0.39 is 0 Å². The molecule has 0 aliphatic rings. The Morgan fingerprint density at radius 2 is 0.841 bits per heavy atom. The molecule has 0 spiro atoms. The van der Waals surface area contributed by atoms with Crippen LogP contribution in [0.5, 0.6) is 0 Å². The zero-order valence-corrected chi connectivity index (χ0v) is 28.2. The molecule has 44 heavy (non-hydrogen) atoms. The van der Waals surface area contributed by atoms with Gasteiger partial charge in [-0.3, -0.25) is 0 Å². The third kappa shape index (κ3) is 5.59. The van der Waals surface area contributed by atoms with E-state index in [2.05, 4.69) is 113 Å². The zero-order valence-electron chi connectivity index (χ0n) is 26.6. The van der Waals surface area contributed by atoms with Crippen LogP contribution in [0.3, 0.4) is 0 Å². The minimum atomic E-state index is 1.15. The van der Waals surface area contributed by atoms with Crippen LogP contribution >= 0.6 is 22.7 Å². The van der Waals surface area contributed by atoms with Gasteiger partial charge in [0.1, 0.15) is 0 Å². The van der Waals surface area contributed by atoms with Crippen LogP contribution in [0.1, 0.15) is 74.6 Å². The Bertz CT molecular complexity index is 1930. The maximum atomic E-state index is 2.49. The van der Waals surface area contributed by atoms with Crippen molar-refractivity contribution in [1.82, 2.24) is 0 Å². The standard InChI is InChI=1S/C42H42S2/c1-5-7-9-11-35-37-23-31-21-34-26-40-38(36(12-10-8-6-2)42(44-40)30-19-15-28(4)16-20-30)24-32(34)22-33(31)25-39(37)43-41(35)29-17-13-27(3)14-18-29/h13-26H,5-12H2,1-4H3. The van der Waals surface area contributed by atoms with Crippen LogP contribution in [0.25, 0.3) is 62.6 Å². The van der Waals surface area contributed by atoms with Gasteiger partial charge in [0.05, 0.1) is 0 Å². The second-order valence-electron chi connectivity index (χ2n) is 12.7.